The summed E-state index contributed by atoms with van der Waals surface area (Å²) in [5.41, 5.74) is 12.3. The van der Waals surface area contributed by atoms with Gasteiger partial charge in [0.05, 0.1) is 0 Å². The van der Waals surface area contributed by atoms with E-state index in [0.717, 1.165) is 0 Å². The average molecular weight is 295 g/mol. The summed E-state index contributed by atoms with van der Waals surface area (Å²) < 4.78 is 1.47. The van der Waals surface area contributed by atoms with Crippen molar-refractivity contribution < 1.29 is 4.84 Å². The smallest absolute Gasteiger partial charge is 0.201 e. The number of hydrogen-bond donors (Lipinski definition) is 2. The summed E-state index contributed by atoms with van der Waals surface area (Å²) in [5, 5.41) is 0. The summed E-state index contributed by atoms with van der Waals surface area (Å²) in [7, 11) is 0. The van der Waals surface area contributed by atoms with Crippen LogP contribution < -0.4 is 16.3 Å². The molecular formula is C9H16Cl2N6O. The number of hydrogen-bond acceptors (Lipinski definition) is 6. The number of nitrogens with zero attached hydrogens (tertiary/aromatic N) is 4. The third kappa shape index (κ3) is 3.12. The molecule has 2 heterocycles. The lowest BCUT2D eigenvalue weighted by molar-refractivity contribution is 0.0600. The van der Waals surface area contributed by atoms with E-state index in [4.69, 9.17) is 16.3 Å². The van der Waals surface area contributed by atoms with Crippen LogP contribution in [0, 0.1) is 6.92 Å². The second-order valence-electron chi connectivity index (χ2n) is 3.55. The minimum Gasteiger partial charge on any atom is -0.407 e. The molecule has 18 heavy (non-hydrogen) atoms. The van der Waals surface area contributed by atoms with Gasteiger partial charge in [0.2, 0.25) is 5.65 Å². The standard InChI is InChI=1S/C9H14N6O.2ClH/c1-5(3-10)16-15-4-12-7-8(11)13-6(2)14-9(7)15;;/h4-5H,3,10H2,1-2H3,(H2,11,13,14);2*1H. The molecule has 2 aromatic heterocycles. The number of aromatic nitrogens is 4. The van der Waals surface area contributed by atoms with Crippen LogP contribution in [0.25, 0.3) is 11.2 Å². The summed E-state index contributed by atoms with van der Waals surface area (Å²) in [6.07, 6.45) is 1.40. The molecule has 0 spiro atoms. The van der Waals surface area contributed by atoms with Gasteiger partial charge in [0.1, 0.15) is 18.3 Å². The maximum Gasteiger partial charge on any atom is 0.201 e. The summed E-state index contributed by atoms with van der Waals surface area (Å²) in [4.78, 5) is 17.9. The highest BCUT2D eigenvalue weighted by Gasteiger charge is 2.11. The number of nitrogens with two attached hydrogens (primary N) is 2. The first-order chi connectivity index (χ1) is 7.61. The Bertz CT molecular complexity index is 517. The molecule has 7 nitrogen and oxygen atoms in total. The van der Waals surface area contributed by atoms with Gasteiger partial charge in [0, 0.05) is 6.54 Å². The highest BCUT2D eigenvalue weighted by atomic mass is 35.5. The van der Waals surface area contributed by atoms with Gasteiger partial charge in [-0.25, -0.2) is 15.0 Å². The molecule has 0 amide bonds. The lowest BCUT2D eigenvalue weighted by Crippen LogP contribution is -2.29. The molecule has 0 aromatic carbocycles. The molecule has 0 aliphatic rings. The van der Waals surface area contributed by atoms with E-state index in [1.54, 1.807) is 6.92 Å². The van der Waals surface area contributed by atoms with Crippen LogP contribution in [0.5, 0.6) is 0 Å². The zero-order chi connectivity index (χ0) is 11.7. The summed E-state index contributed by atoms with van der Waals surface area (Å²) in [6.45, 7) is 4.04. The number of rotatable bonds is 3. The molecule has 0 aliphatic heterocycles. The molecule has 0 saturated carbocycles. The van der Waals surface area contributed by atoms with Crippen LogP contribution in [0.3, 0.4) is 0 Å². The lowest BCUT2D eigenvalue weighted by atomic mass is 10.4. The lowest BCUT2D eigenvalue weighted by Gasteiger charge is -2.12. The Balaban J connectivity index is 0.00000144. The van der Waals surface area contributed by atoms with Crippen LogP contribution in [0.15, 0.2) is 6.33 Å². The van der Waals surface area contributed by atoms with E-state index in [-0.39, 0.29) is 30.9 Å². The van der Waals surface area contributed by atoms with Crippen molar-refractivity contribution in [2.24, 2.45) is 5.73 Å². The summed E-state index contributed by atoms with van der Waals surface area (Å²) in [5.74, 6) is 0.931. The van der Waals surface area contributed by atoms with Gasteiger partial charge in [-0.15, -0.1) is 24.8 Å². The van der Waals surface area contributed by atoms with Crippen LogP contribution in [-0.4, -0.2) is 32.3 Å². The van der Waals surface area contributed by atoms with E-state index in [2.05, 4.69) is 15.0 Å². The van der Waals surface area contributed by atoms with Crippen molar-refractivity contribution in [3.8, 4) is 0 Å². The van der Waals surface area contributed by atoms with Crippen LogP contribution in [-0.2, 0) is 0 Å². The van der Waals surface area contributed by atoms with Gasteiger partial charge in [0.25, 0.3) is 0 Å². The average Bonchev–Trinajstić information content (AvgIpc) is 2.61. The molecule has 4 N–H and O–H groups in total. The predicted molar refractivity (Wildman–Crippen MR) is 74.1 cm³/mol. The fourth-order valence-electron chi connectivity index (χ4n) is 1.33. The minimum absolute atomic E-state index is 0. The topological polar surface area (TPSA) is 105 Å². The number of anilines is 1. The van der Waals surface area contributed by atoms with Crippen LogP contribution in [0.1, 0.15) is 12.7 Å². The quantitative estimate of drug-likeness (QED) is 0.845. The van der Waals surface area contributed by atoms with Crippen molar-refractivity contribution in [1.82, 2.24) is 19.7 Å². The van der Waals surface area contributed by atoms with E-state index in [9.17, 15) is 0 Å². The van der Waals surface area contributed by atoms with Gasteiger partial charge in [0.15, 0.2) is 11.3 Å². The summed E-state index contributed by atoms with van der Waals surface area (Å²) >= 11 is 0. The fourth-order valence-corrected chi connectivity index (χ4v) is 1.33. The number of halogens is 2. The maximum atomic E-state index is 5.73. The van der Waals surface area contributed by atoms with Gasteiger partial charge >= 0.3 is 0 Å². The Morgan fingerprint density at radius 2 is 2.06 bits per heavy atom. The van der Waals surface area contributed by atoms with E-state index in [1.165, 1.54) is 11.1 Å². The first kappa shape index (κ1) is 16.7. The van der Waals surface area contributed by atoms with E-state index >= 15 is 0 Å². The third-order valence-electron chi connectivity index (χ3n) is 2.13. The van der Waals surface area contributed by atoms with E-state index in [1.807, 2.05) is 6.92 Å². The van der Waals surface area contributed by atoms with Crippen molar-refractivity contribution in [3.05, 3.63) is 12.2 Å². The molecule has 0 fully saturated rings. The van der Waals surface area contributed by atoms with Gasteiger partial charge < -0.3 is 16.3 Å². The van der Waals surface area contributed by atoms with E-state index in [0.29, 0.717) is 29.4 Å². The van der Waals surface area contributed by atoms with E-state index < -0.39 is 0 Å². The number of aryl methyl sites for hydroxylation is 1. The van der Waals surface area contributed by atoms with Crippen molar-refractivity contribution in [1.29, 1.82) is 0 Å². The zero-order valence-corrected chi connectivity index (χ0v) is 11.7. The van der Waals surface area contributed by atoms with Crippen molar-refractivity contribution in [2.75, 3.05) is 12.3 Å². The number of imidazole rings is 1. The summed E-state index contributed by atoms with van der Waals surface area (Å²) in [6, 6.07) is 0. The molecule has 0 saturated heterocycles. The van der Waals surface area contributed by atoms with Crippen LogP contribution in [0.2, 0.25) is 0 Å². The fraction of sp³-hybridized carbons (Fsp3) is 0.444. The van der Waals surface area contributed by atoms with Crippen molar-refractivity contribution in [3.63, 3.8) is 0 Å². The van der Waals surface area contributed by atoms with Gasteiger partial charge in [-0.05, 0) is 13.8 Å². The minimum atomic E-state index is -0.117. The molecule has 2 rings (SSSR count). The molecular weight excluding hydrogens is 279 g/mol. The highest BCUT2D eigenvalue weighted by molar-refractivity contribution is 5.85. The molecule has 9 heteroatoms. The molecule has 0 aliphatic carbocycles. The molecule has 1 unspecified atom stereocenters. The predicted octanol–water partition coefficient (Wildman–Crippen LogP) is 0.336. The molecule has 0 radical (unpaired) electrons. The second-order valence-corrected chi connectivity index (χ2v) is 3.55. The Morgan fingerprint density at radius 1 is 1.39 bits per heavy atom. The SMILES string of the molecule is Cc1nc(N)c2ncn(OC(C)CN)c2n1.Cl.Cl. The first-order valence-corrected chi connectivity index (χ1v) is 4.96. The molecule has 102 valence electrons. The Morgan fingerprint density at radius 3 is 2.67 bits per heavy atom. The van der Waals surface area contributed by atoms with Gasteiger partial charge in [-0.1, -0.05) is 0 Å². The highest BCUT2D eigenvalue weighted by Crippen LogP contribution is 2.14. The Hall–Kier alpha value is -1.31. The molecule has 1 atom stereocenters. The molecule has 0 bridgehead atoms. The second kappa shape index (κ2) is 6.58. The monoisotopic (exact) mass is 294 g/mol. The van der Waals surface area contributed by atoms with Crippen LogP contribution >= 0.6 is 24.8 Å². The van der Waals surface area contributed by atoms with Crippen molar-refractivity contribution >= 4 is 41.8 Å². The van der Waals surface area contributed by atoms with Gasteiger partial charge in [-0.3, -0.25) is 0 Å². The van der Waals surface area contributed by atoms with Crippen molar-refractivity contribution in [2.45, 2.75) is 20.0 Å². The largest absolute Gasteiger partial charge is 0.407 e. The van der Waals surface area contributed by atoms with Gasteiger partial charge in [-0.2, -0.15) is 4.73 Å². The third-order valence-corrected chi connectivity index (χ3v) is 2.13. The zero-order valence-electron chi connectivity index (χ0n) is 10.0. The number of fused-ring (bicyclic) bond motifs is 1. The maximum absolute atomic E-state index is 5.73. The number of nitrogen functional groups attached to an aromatic ring is 1. The Kier molecular flexibility index (Phi) is 6.10. The first-order valence-electron chi connectivity index (χ1n) is 4.96. The van der Waals surface area contributed by atoms with Crippen LogP contribution in [0.4, 0.5) is 5.82 Å². The molecule has 2 aromatic rings. The Labute approximate surface area is 117 Å². The normalized spacial score (nSPS) is 11.5.